The molecule has 0 aliphatic carbocycles. The maximum absolute atomic E-state index is 11.8. The number of para-hydroxylation sites is 1. The summed E-state index contributed by atoms with van der Waals surface area (Å²) in [6.07, 6.45) is 1.01. The van der Waals surface area contributed by atoms with Crippen LogP contribution in [-0.2, 0) is 14.9 Å². The fourth-order valence-electron chi connectivity index (χ4n) is 3.15. The van der Waals surface area contributed by atoms with Gasteiger partial charge in [0, 0.05) is 25.7 Å². The Morgan fingerprint density at radius 2 is 1.81 bits per heavy atom. The van der Waals surface area contributed by atoms with E-state index in [4.69, 9.17) is 0 Å². The SMILES string of the molecule is CCN(CC)c1ccc(/N=N/c2c(S(=O)(=O)O)cnn2-c2ccccc2)c(NC(C)=O)c1. The van der Waals surface area contributed by atoms with E-state index in [9.17, 15) is 17.8 Å². The number of nitrogens with one attached hydrogen (secondary N) is 1. The van der Waals surface area contributed by atoms with E-state index < -0.39 is 15.0 Å². The molecule has 168 valence electrons. The molecule has 0 aliphatic heterocycles. The molecule has 3 rings (SSSR count). The van der Waals surface area contributed by atoms with Gasteiger partial charge in [0.25, 0.3) is 10.1 Å². The van der Waals surface area contributed by atoms with Crippen molar-refractivity contribution in [1.82, 2.24) is 9.78 Å². The summed E-state index contributed by atoms with van der Waals surface area (Å²) in [7, 11) is -4.59. The van der Waals surface area contributed by atoms with E-state index in [1.807, 2.05) is 19.9 Å². The molecule has 0 bridgehead atoms. The number of hydrogen-bond acceptors (Lipinski definition) is 7. The molecule has 10 nitrogen and oxygen atoms in total. The lowest BCUT2D eigenvalue weighted by Crippen LogP contribution is -2.21. The van der Waals surface area contributed by atoms with Crippen LogP contribution in [0, 0.1) is 0 Å². The van der Waals surface area contributed by atoms with Crippen molar-refractivity contribution in [3.05, 3.63) is 54.7 Å². The summed E-state index contributed by atoms with van der Waals surface area (Å²) in [6.45, 7) is 7.00. The lowest BCUT2D eigenvalue weighted by Gasteiger charge is -2.22. The third-order valence-electron chi connectivity index (χ3n) is 4.66. The second-order valence-corrected chi connectivity index (χ2v) is 8.20. The molecule has 32 heavy (non-hydrogen) atoms. The molecule has 3 aromatic rings. The molecule has 0 unspecified atom stereocenters. The van der Waals surface area contributed by atoms with E-state index in [0.29, 0.717) is 17.1 Å². The zero-order valence-electron chi connectivity index (χ0n) is 17.9. The van der Waals surface area contributed by atoms with Crippen LogP contribution in [-0.4, -0.2) is 41.7 Å². The Morgan fingerprint density at radius 3 is 2.41 bits per heavy atom. The van der Waals surface area contributed by atoms with Gasteiger partial charge in [-0.15, -0.1) is 10.2 Å². The Kier molecular flexibility index (Phi) is 7.01. The highest BCUT2D eigenvalue weighted by Crippen LogP contribution is 2.34. The van der Waals surface area contributed by atoms with Crippen molar-refractivity contribution in [2.45, 2.75) is 25.7 Å². The Balaban J connectivity index is 2.10. The number of rotatable bonds is 8. The van der Waals surface area contributed by atoms with Crippen molar-refractivity contribution in [3.8, 4) is 5.69 Å². The minimum Gasteiger partial charge on any atom is -0.372 e. The summed E-state index contributed by atoms with van der Waals surface area (Å²) >= 11 is 0. The molecule has 2 N–H and O–H groups in total. The molecule has 2 aromatic carbocycles. The average molecular weight is 457 g/mol. The van der Waals surface area contributed by atoms with E-state index in [2.05, 4.69) is 25.5 Å². The van der Waals surface area contributed by atoms with Crippen molar-refractivity contribution in [2.24, 2.45) is 10.2 Å². The molecular weight excluding hydrogens is 432 g/mol. The molecule has 1 amide bonds. The van der Waals surface area contributed by atoms with E-state index in [1.54, 1.807) is 42.5 Å². The van der Waals surface area contributed by atoms with Gasteiger partial charge in [0.05, 0.1) is 17.6 Å². The molecule has 0 saturated carbocycles. The van der Waals surface area contributed by atoms with Gasteiger partial charge in [-0.1, -0.05) is 18.2 Å². The Bertz CT molecular complexity index is 1230. The van der Waals surface area contributed by atoms with Crippen LogP contribution >= 0.6 is 0 Å². The molecule has 0 aliphatic rings. The minimum absolute atomic E-state index is 0.166. The van der Waals surface area contributed by atoms with Crippen LogP contribution in [0.15, 0.2) is 69.9 Å². The molecule has 0 radical (unpaired) electrons. The average Bonchev–Trinajstić information content (AvgIpc) is 3.19. The predicted molar refractivity (Wildman–Crippen MR) is 122 cm³/mol. The molecule has 1 heterocycles. The monoisotopic (exact) mass is 456 g/mol. The van der Waals surface area contributed by atoms with Gasteiger partial charge in [-0.3, -0.25) is 9.35 Å². The molecule has 0 spiro atoms. The number of hydrogen-bond donors (Lipinski definition) is 2. The number of anilines is 2. The molecule has 11 heteroatoms. The smallest absolute Gasteiger partial charge is 0.299 e. The van der Waals surface area contributed by atoms with Gasteiger partial charge in [-0.2, -0.15) is 13.5 Å². The van der Waals surface area contributed by atoms with Gasteiger partial charge in [0.2, 0.25) is 5.91 Å². The molecule has 0 atom stereocenters. The third-order valence-corrected chi connectivity index (χ3v) is 5.51. The van der Waals surface area contributed by atoms with Crippen LogP contribution in [0.1, 0.15) is 20.8 Å². The first-order valence-corrected chi connectivity index (χ1v) is 11.4. The van der Waals surface area contributed by atoms with E-state index >= 15 is 0 Å². The van der Waals surface area contributed by atoms with Crippen molar-refractivity contribution in [3.63, 3.8) is 0 Å². The number of amides is 1. The number of azo groups is 1. The third kappa shape index (κ3) is 5.18. The molecule has 1 aromatic heterocycles. The maximum Gasteiger partial charge on any atom is 0.299 e. The highest BCUT2D eigenvalue weighted by molar-refractivity contribution is 7.86. The van der Waals surface area contributed by atoms with E-state index in [1.165, 1.54) is 11.6 Å². The number of nitrogens with zero attached hydrogens (tertiary/aromatic N) is 5. The van der Waals surface area contributed by atoms with Gasteiger partial charge >= 0.3 is 0 Å². The van der Waals surface area contributed by atoms with Crippen LogP contribution in [0.4, 0.5) is 22.9 Å². The zero-order valence-corrected chi connectivity index (χ0v) is 18.7. The fourth-order valence-corrected chi connectivity index (χ4v) is 3.68. The topological polar surface area (TPSA) is 129 Å². The second-order valence-electron chi connectivity index (χ2n) is 6.81. The van der Waals surface area contributed by atoms with E-state index in [0.717, 1.165) is 25.0 Å². The van der Waals surface area contributed by atoms with Crippen molar-refractivity contribution in [2.75, 3.05) is 23.3 Å². The zero-order chi connectivity index (χ0) is 23.3. The first-order chi connectivity index (χ1) is 15.2. The molecule has 0 saturated heterocycles. The lowest BCUT2D eigenvalue weighted by atomic mass is 10.2. The second kappa shape index (κ2) is 9.71. The van der Waals surface area contributed by atoms with Crippen LogP contribution in [0.3, 0.4) is 0 Å². The first kappa shape index (κ1) is 23.1. The summed E-state index contributed by atoms with van der Waals surface area (Å²) in [6, 6.07) is 14.0. The molecular formula is C21H24N6O4S. The Labute approximate surface area is 186 Å². The summed E-state index contributed by atoms with van der Waals surface area (Å²) < 4.78 is 34.6. The standard InChI is InChI=1S/C21H24N6O4S/c1-4-26(5-2)17-11-12-18(19(13-17)23-15(3)28)24-25-21-20(32(29,30)31)14-22-27(21)16-9-7-6-8-10-16/h6-14H,4-5H2,1-3H3,(H,23,28)(H,29,30,31)/b25-24+. The largest absolute Gasteiger partial charge is 0.372 e. The number of aromatic nitrogens is 2. The van der Waals surface area contributed by atoms with E-state index in [-0.39, 0.29) is 11.7 Å². The van der Waals surface area contributed by atoms with Gasteiger partial charge in [-0.25, -0.2) is 4.68 Å². The lowest BCUT2D eigenvalue weighted by molar-refractivity contribution is -0.114. The quantitative estimate of drug-likeness (QED) is 0.383. The predicted octanol–water partition coefficient (Wildman–Crippen LogP) is 4.34. The maximum atomic E-state index is 11.8. The normalized spacial score (nSPS) is 11.6. The number of carbonyl (C=O) groups is 1. The van der Waals surface area contributed by atoms with Gasteiger partial charge in [0.1, 0.15) is 5.69 Å². The van der Waals surface area contributed by atoms with Gasteiger partial charge in [0.15, 0.2) is 10.7 Å². The van der Waals surface area contributed by atoms with Gasteiger partial charge < -0.3 is 10.2 Å². The van der Waals surface area contributed by atoms with Gasteiger partial charge in [-0.05, 0) is 44.2 Å². The fraction of sp³-hybridized carbons (Fsp3) is 0.238. The van der Waals surface area contributed by atoms with Crippen LogP contribution in [0.25, 0.3) is 5.69 Å². The summed E-state index contributed by atoms with van der Waals surface area (Å²) in [5.41, 5.74) is 2.17. The van der Waals surface area contributed by atoms with Crippen molar-refractivity contribution < 1.29 is 17.8 Å². The molecule has 0 fully saturated rings. The van der Waals surface area contributed by atoms with Crippen LogP contribution in [0.5, 0.6) is 0 Å². The van der Waals surface area contributed by atoms with Crippen LogP contribution < -0.4 is 10.2 Å². The highest BCUT2D eigenvalue weighted by atomic mass is 32.2. The Morgan fingerprint density at radius 1 is 1.12 bits per heavy atom. The highest BCUT2D eigenvalue weighted by Gasteiger charge is 2.22. The minimum atomic E-state index is -4.59. The van der Waals surface area contributed by atoms with Crippen molar-refractivity contribution >= 4 is 38.9 Å². The first-order valence-electron chi connectivity index (χ1n) is 9.93. The summed E-state index contributed by atoms with van der Waals surface area (Å²) in [5, 5.41) is 15.0. The summed E-state index contributed by atoms with van der Waals surface area (Å²) in [5.74, 6) is -0.452. The Hall–Kier alpha value is -3.57. The summed E-state index contributed by atoms with van der Waals surface area (Å²) in [4.78, 5) is 13.3. The number of carbonyl (C=O) groups excluding carboxylic acids is 1. The van der Waals surface area contributed by atoms with Crippen molar-refractivity contribution in [1.29, 1.82) is 0 Å². The van der Waals surface area contributed by atoms with Crippen LogP contribution in [0.2, 0.25) is 0 Å². The number of benzene rings is 2.